The molecule has 0 amide bonds. The number of anilines is 1. The van der Waals surface area contributed by atoms with Crippen LogP contribution in [0.15, 0.2) is 52.0 Å². The molecule has 2 aromatic rings. The number of nitrogens with zero attached hydrogens (tertiary/aromatic N) is 2. The number of nitrogens with one attached hydrogen (secondary N) is 1. The highest BCUT2D eigenvalue weighted by molar-refractivity contribution is 5.95. The highest BCUT2D eigenvalue weighted by Crippen LogP contribution is 2.15. The summed E-state index contributed by atoms with van der Waals surface area (Å²) in [5.74, 6) is -0.194. The van der Waals surface area contributed by atoms with Gasteiger partial charge in [-0.2, -0.15) is 5.10 Å². The van der Waals surface area contributed by atoms with Crippen LogP contribution in [-0.2, 0) is 0 Å². The van der Waals surface area contributed by atoms with Crippen molar-refractivity contribution in [3.63, 3.8) is 0 Å². The Bertz CT molecular complexity index is 577. The Hall–Kier alpha value is -2.83. The van der Waals surface area contributed by atoms with Crippen molar-refractivity contribution >= 4 is 17.4 Å². The smallest absolute Gasteiger partial charge is 0.397 e. The van der Waals surface area contributed by atoms with Crippen molar-refractivity contribution in [2.75, 3.05) is 5.43 Å². The number of hydrogen-bond donors (Lipinski definition) is 2. The molecule has 1 heterocycles. The maximum absolute atomic E-state index is 10.4. The molecular formula is C11H10N4O3. The van der Waals surface area contributed by atoms with E-state index in [1.807, 2.05) is 18.2 Å². The van der Waals surface area contributed by atoms with Crippen molar-refractivity contribution in [2.45, 2.75) is 0 Å². The van der Waals surface area contributed by atoms with Crippen molar-refractivity contribution in [2.24, 2.45) is 10.8 Å². The summed E-state index contributed by atoms with van der Waals surface area (Å²) in [6, 6.07) is 11.8. The van der Waals surface area contributed by atoms with Gasteiger partial charge in [-0.25, -0.2) is 0 Å². The molecule has 0 fully saturated rings. The van der Waals surface area contributed by atoms with Gasteiger partial charge in [0.05, 0.1) is 11.8 Å². The Morgan fingerprint density at radius 1 is 1.28 bits per heavy atom. The first kappa shape index (κ1) is 11.6. The van der Waals surface area contributed by atoms with Crippen molar-refractivity contribution < 1.29 is 9.34 Å². The third-order valence-electron chi connectivity index (χ3n) is 2.10. The Balaban J connectivity index is 2.10. The third kappa shape index (κ3) is 2.64. The minimum Gasteiger partial charge on any atom is -0.397 e. The lowest BCUT2D eigenvalue weighted by Gasteiger charge is -2.00. The van der Waals surface area contributed by atoms with E-state index in [1.165, 1.54) is 12.1 Å². The Morgan fingerprint density at radius 2 is 2.00 bits per heavy atom. The Morgan fingerprint density at radius 3 is 2.61 bits per heavy atom. The lowest BCUT2D eigenvalue weighted by Crippen LogP contribution is -2.14. The number of furan rings is 1. The van der Waals surface area contributed by atoms with Gasteiger partial charge in [-0.1, -0.05) is 18.2 Å². The molecule has 0 saturated heterocycles. The molecule has 0 spiro atoms. The van der Waals surface area contributed by atoms with E-state index in [9.17, 15) is 10.1 Å². The van der Waals surface area contributed by atoms with Gasteiger partial charge >= 0.3 is 5.88 Å². The molecule has 0 saturated carbocycles. The average molecular weight is 246 g/mol. The van der Waals surface area contributed by atoms with Crippen LogP contribution in [0.2, 0.25) is 0 Å². The molecule has 2 rings (SSSR count). The molecule has 1 aromatic heterocycles. The van der Waals surface area contributed by atoms with Crippen LogP contribution >= 0.6 is 0 Å². The minimum atomic E-state index is -0.637. The lowest BCUT2D eigenvalue weighted by molar-refractivity contribution is -0.402. The first-order valence-electron chi connectivity index (χ1n) is 5.05. The van der Waals surface area contributed by atoms with Crippen LogP contribution in [0.1, 0.15) is 5.76 Å². The van der Waals surface area contributed by atoms with Crippen LogP contribution in [0.4, 0.5) is 11.6 Å². The minimum absolute atomic E-state index is 0.0342. The van der Waals surface area contributed by atoms with Crippen LogP contribution in [0, 0.1) is 10.1 Å². The summed E-state index contributed by atoms with van der Waals surface area (Å²) in [5.41, 5.74) is 9.09. The number of amidine groups is 1. The zero-order valence-corrected chi connectivity index (χ0v) is 9.24. The molecule has 0 aliphatic heterocycles. The molecular weight excluding hydrogens is 236 g/mol. The second-order valence-electron chi connectivity index (χ2n) is 3.37. The van der Waals surface area contributed by atoms with Crippen LogP contribution in [-0.4, -0.2) is 10.8 Å². The molecule has 0 aliphatic carbocycles. The van der Waals surface area contributed by atoms with Crippen molar-refractivity contribution in [1.82, 2.24) is 0 Å². The molecule has 3 N–H and O–H groups in total. The summed E-state index contributed by atoms with van der Waals surface area (Å²) >= 11 is 0. The predicted molar refractivity (Wildman–Crippen MR) is 66.2 cm³/mol. The quantitative estimate of drug-likeness (QED) is 0.371. The van der Waals surface area contributed by atoms with E-state index in [0.29, 0.717) is 0 Å². The zero-order chi connectivity index (χ0) is 13.0. The maximum Gasteiger partial charge on any atom is 0.433 e. The van der Waals surface area contributed by atoms with E-state index < -0.39 is 4.92 Å². The fourth-order valence-electron chi connectivity index (χ4n) is 1.26. The first-order chi connectivity index (χ1) is 8.66. The third-order valence-corrected chi connectivity index (χ3v) is 2.10. The van der Waals surface area contributed by atoms with E-state index in [4.69, 9.17) is 10.2 Å². The first-order valence-corrected chi connectivity index (χ1v) is 5.05. The number of hydrogen-bond acceptors (Lipinski definition) is 5. The van der Waals surface area contributed by atoms with Gasteiger partial charge in [-0.15, -0.1) is 0 Å². The molecule has 0 unspecified atom stereocenters. The molecule has 0 radical (unpaired) electrons. The van der Waals surface area contributed by atoms with E-state index in [-0.39, 0.29) is 17.5 Å². The fraction of sp³-hybridized carbons (Fsp3) is 0. The highest BCUT2D eigenvalue weighted by atomic mass is 16.6. The Labute approximate surface area is 102 Å². The summed E-state index contributed by atoms with van der Waals surface area (Å²) in [7, 11) is 0. The van der Waals surface area contributed by atoms with Crippen LogP contribution in [0.5, 0.6) is 0 Å². The number of rotatable bonds is 4. The molecule has 7 heteroatoms. The van der Waals surface area contributed by atoms with Gasteiger partial charge in [0, 0.05) is 0 Å². The van der Waals surface area contributed by atoms with Crippen LogP contribution < -0.4 is 11.2 Å². The number of benzene rings is 1. The summed E-state index contributed by atoms with van der Waals surface area (Å²) < 4.78 is 4.90. The Kier molecular flexibility index (Phi) is 3.24. The van der Waals surface area contributed by atoms with Gasteiger partial charge < -0.3 is 10.2 Å². The second-order valence-corrected chi connectivity index (χ2v) is 3.37. The monoisotopic (exact) mass is 246 g/mol. The maximum atomic E-state index is 10.4. The van der Waals surface area contributed by atoms with Gasteiger partial charge in [-0.05, 0) is 18.2 Å². The van der Waals surface area contributed by atoms with Crippen molar-refractivity contribution in [3.8, 4) is 0 Å². The molecule has 18 heavy (non-hydrogen) atoms. The van der Waals surface area contributed by atoms with Gasteiger partial charge in [0.25, 0.3) is 0 Å². The molecule has 7 nitrogen and oxygen atoms in total. The molecule has 1 aromatic carbocycles. The van der Waals surface area contributed by atoms with E-state index >= 15 is 0 Å². The van der Waals surface area contributed by atoms with E-state index in [2.05, 4.69) is 10.5 Å². The second kappa shape index (κ2) is 5.00. The van der Waals surface area contributed by atoms with Crippen molar-refractivity contribution in [3.05, 3.63) is 58.3 Å². The number of para-hydroxylation sites is 1. The molecule has 0 aliphatic rings. The summed E-state index contributed by atoms with van der Waals surface area (Å²) in [6.07, 6.45) is 0. The normalized spacial score (nSPS) is 11.2. The van der Waals surface area contributed by atoms with Crippen LogP contribution in [0.3, 0.4) is 0 Å². The molecule has 92 valence electrons. The topological polar surface area (TPSA) is 107 Å². The largest absolute Gasteiger partial charge is 0.433 e. The number of nitrogens with two attached hydrogens (primary N) is 1. The van der Waals surface area contributed by atoms with Gasteiger partial charge in [0.1, 0.15) is 4.92 Å². The molecule has 0 bridgehead atoms. The van der Waals surface area contributed by atoms with Gasteiger partial charge in [-0.3, -0.25) is 15.5 Å². The summed E-state index contributed by atoms with van der Waals surface area (Å²) in [5, 5.41) is 14.3. The summed E-state index contributed by atoms with van der Waals surface area (Å²) in [4.78, 5) is 9.79. The highest BCUT2D eigenvalue weighted by Gasteiger charge is 2.13. The lowest BCUT2D eigenvalue weighted by atomic mass is 10.3. The zero-order valence-electron chi connectivity index (χ0n) is 9.24. The van der Waals surface area contributed by atoms with Gasteiger partial charge in [0.15, 0.2) is 11.6 Å². The van der Waals surface area contributed by atoms with Crippen LogP contribution in [0.25, 0.3) is 0 Å². The standard InChI is InChI=1S/C11H10N4O3/c12-11(9-6-7-10(18-9)15(16)17)14-13-8-4-2-1-3-5-8/h1-7,13H,(H2,12,14). The summed E-state index contributed by atoms with van der Waals surface area (Å²) in [6.45, 7) is 0. The van der Waals surface area contributed by atoms with Crippen molar-refractivity contribution in [1.29, 1.82) is 0 Å². The van der Waals surface area contributed by atoms with Gasteiger partial charge in [0.2, 0.25) is 0 Å². The molecule has 0 atom stereocenters. The fourth-order valence-corrected chi connectivity index (χ4v) is 1.26. The van der Waals surface area contributed by atoms with E-state index in [0.717, 1.165) is 5.69 Å². The van der Waals surface area contributed by atoms with E-state index in [1.54, 1.807) is 12.1 Å². The SMILES string of the molecule is NC(=NNc1ccccc1)c1ccc([N+](=O)[O-])o1. The number of hydrazone groups is 1. The predicted octanol–water partition coefficient (Wildman–Crippen LogP) is 1.92. The average Bonchev–Trinajstić information content (AvgIpc) is 2.87. The number of nitro groups is 1.